The minimum atomic E-state index is -0.559. The van der Waals surface area contributed by atoms with Gasteiger partial charge >= 0.3 is 0 Å². The Balaban J connectivity index is 1.45. The van der Waals surface area contributed by atoms with Gasteiger partial charge in [-0.2, -0.15) is 0 Å². The summed E-state index contributed by atoms with van der Waals surface area (Å²) in [4.78, 5) is 82.3. The molecule has 0 radical (unpaired) electrons. The first-order chi connectivity index (χ1) is 29.3. The number of carbonyl (C=O) groups is 4. The van der Waals surface area contributed by atoms with Crippen LogP contribution in [0.1, 0.15) is 25.0 Å². The molecule has 6 rings (SSSR count). The van der Waals surface area contributed by atoms with Crippen LogP contribution in [0, 0.1) is 20.2 Å². The number of benzene rings is 4. The zero-order chi connectivity index (χ0) is 43.8. The van der Waals surface area contributed by atoms with E-state index in [-0.39, 0.29) is 55.9 Å². The Kier molecular flexibility index (Phi) is 13.8. The van der Waals surface area contributed by atoms with Crippen LogP contribution in [-0.4, -0.2) is 120 Å². The second-order valence-corrected chi connectivity index (χ2v) is 15.2. The van der Waals surface area contributed by atoms with Crippen LogP contribution in [0.5, 0.6) is 11.5 Å². The number of nitro groups is 2. The minimum Gasteiger partial charge on any atom is -0.496 e. The molecule has 0 N–H and O–H groups in total. The van der Waals surface area contributed by atoms with Gasteiger partial charge in [0.05, 0.1) is 45.0 Å². The summed E-state index contributed by atoms with van der Waals surface area (Å²) < 4.78 is 11.3. The maximum atomic E-state index is 13.3. The van der Waals surface area contributed by atoms with Crippen molar-refractivity contribution in [2.75, 3.05) is 66.6 Å². The number of methoxy groups -OCH3 is 2. The van der Waals surface area contributed by atoms with Gasteiger partial charge in [0.15, 0.2) is 0 Å². The molecule has 2 fully saturated rings. The van der Waals surface area contributed by atoms with Gasteiger partial charge < -0.3 is 29.1 Å². The molecular formula is C44H44N6O10S. The number of hydrogen-bond donors (Lipinski definition) is 0. The summed E-state index contributed by atoms with van der Waals surface area (Å²) in [6, 6.07) is 19.6. The maximum Gasteiger partial charge on any atom is 0.291 e. The van der Waals surface area contributed by atoms with E-state index in [0.29, 0.717) is 86.1 Å². The van der Waals surface area contributed by atoms with Crippen LogP contribution >= 0.6 is 11.8 Å². The van der Waals surface area contributed by atoms with Crippen molar-refractivity contribution in [2.45, 2.75) is 23.6 Å². The Labute approximate surface area is 356 Å². The predicted molar refractivity (Wildman–Crippen MR) is 230 cm³/mol. The van der Waals surface area contributed by atoms with Gasteiger partial charge in [-0.05, 0) is 47.5 Å². The molecule has 4 aromatic carbocycles. The molecule has 316 valence electrons. The van der Waals surface area contributed by atoms with Crippen LogP contribution < -0.4 is 9.47 Å². The fourth-order valence-corrected chi connectivity index (χ4v) is 8.44. The predicted octanol–water partition coefficient (Wildman–Crippen LogP) is 6.41. The summed E-state index contributed by atoms with van der Waals surface area (Å²) >= 11 is 0.831. The summed E-state index contributed by atoms with van der Waals surface area (Å²) in [6.07, 6.45) is 5.66. The van der Waals surface area contributed by atoms with Crippen LogP contribution in [0.25, 0.3) is 34.4 Å². The lowest BCUT2D eigenvalue weighted by Crippen LogP contribution is -2.49. The smallest absolute Gasteiger partial charge is 0.291 e. The number of amides is 4. The molecule has 0 atom stereocenters. The minimum absolute atomic E-state index is 0.0757. The Morgan fingerprint density at radius 1 is 0.557 bits per heavy atom. The van der Waals surface area contributed by atoms with Crippen LogP contribution in [0.3, 0.4) is 0 Å². The molecule has 0 aliphatic carbocycles. The molecule has 2 aliphatic rings. The van der Waals surface area contributed by atoms with E-state index in [2.05, 4.69) is 0 Å². The highest BCUT2D eigenvalue weighted by Crippen LogP contribution is 2.50. The third kappa shape index (κ3) is 9.73. The molecule has 2 aliphatic heterocycles. The van der Waals surface area contributed by atoms with Gasteiger partial charge in [0.1, 0.15) is 11.5 Å². The zero-order valence-corrected chi connectivity index (χ0v) is 34.9. The summed E-state index contributed by atoms with van der Waals surface area (Å²) in [7, 11) is 2.87. The quantitative estimate of drug-likeness (QED) is 0.0871. The molecule has 2 heterocycles. The third-order valence-corrected chi connectivity index (χ3v) is 11.7. The van der Waals surface area contributed by atoms with Gasteiger partial charge in [0.2, 0.25) is 23.6 Å². The molecule has 0 spiro atoms. The Morgan fingerprint density at radius 2 is 0.902 bits per heavy atom. The lowest BCUT2D eigenvalue weighted by molar-refractivity contribution is -0.387. The van der Waals surface area contributed by atoms with Crippen molar-refractivity contribution in [3.63, 3.8) is 0 Å². The SMILES string of the molecule is COc1ccccc1-c1c(/C=C/C(=O)N2CCN(C(C)=O)CC2)ccc(Sc2ccc(/C=C/C(=O)N3CCN(C(C)=O)CC3)c(-c3ccccc3OC)c2[N+](=O)[O-])c1[N+](=O)[O-]. The molecule has 16 nitrogen and oxygen atoms in total. The van der Waals surface area contributed by atoms with Crippen molar-refractivity contribution < 1.29 is 38.5 Å². The van der Waals surface area contributed by atoms with E-state index in [1.54, 1.807) is 80.3 Å². The van der Waals surface area contributed by atoms with Crippen molar-refractivity contribution >= 4 is 58.9 Å². The number of nitrogens with zero attached hydrogens (tertiary/aromatic N) is 6. The monoisotopic (exact) mass is 848 g/mol. The largest absolute Gasteiger partial charge is 0.496 e. The normalized spacial score (nSPS) is 14.4. The highest BCUT2D eigenvalue weighted by molar-refractivity contribution is 7.99. The summed E-state index contributed by atoms with van der Waals surface area (Å²) in [5.74, 6) is -0.168. The molecule has 0 bridgehead atoms. The van der Waals surface area contributed by atoms with Crippen molar-refractivity contribution in [2.24, 2.45) is 0 Å². The van der Waals surface area contributed by atoms with Crippen molar-refractivity contribution in [1.82, 2.24) is 19.6 Å². The Bertz CT molecular complexity index is 2270. The Morgan fingerprint density at radius 3 is 1.23 bits per heavy atom. The summed E-state index contributed by atoms with van der Waals surface area (Å²) in [6.45, 7) is 5.83. The summed E-state index contributed by atoms with van der Waals surface area (Å²) in [5, 5.41) is 26.4. The molecule has 4 aromatic rings. The molecule has 0 saturated carbocycles. The first-order valence-electron chi connectivity index (χ1n) is 19.3. The first kappa shape index (κ1) is 43.6. The van der Waals surface area contributed by atoms with Gasteiger partial charge in [-0.15, -0.1) is 0 Å². The average molecular weight is 849 g/mol. The van der Waals surface area contributed by atoms with E-state index in [1.807, 2.05) is 0 Å². The molecule has 17 heteroatoms. The lowest BCUT2D eigenvalue weighted by atomic mass is 9.96. The van der Waals surface area contributed by atoms with Crippen molar-refractivity contribution in [3.05, 3.63) is 116 Å². The van der Waals surface area contributed by atoms with Crippen LogP contribution in [0.2, 0.25) is 0 Å². The maximum absolute atomic E-state index is 13.3. The van der Waals surface area contributed by atoms with E-state index in [1.165, 1.54) is 64.5 Å². The number of rotatable bonds is 12. The van der Waals surface area contributed by atoms with Crippen molar-refractivity contribution in [3.8, 4) is 33.8 Å². The Hall–Kier alpha value is -7.01. The van der Waals surface area contributed by atoms with E-state index >= 15 is 0 Å². The third-order valence-electron chi connectivity index (χ3n) is 10.6. The molecule has 2 saturated heterocycles. The van der Waals surface area contributed by atoms with Crippen LogP contribution in [-0.2, 0) is 19.2 Å². The molecular weight excluding hydrogens is 805 g/mol. The number of para-hydroxylation sites is 2. The van der Waals surface area contributed by atoms with Gasteiger partial charge in [0.25, 0.3) is 11.4 Å². The van der Waals surface area contributed by atoms with Gasteiger partial charge in [-0.3, -0.25) is 39.4 Å². The molecule has 0 unspecified atom stereocenters. The lowest BCUT2D eigenvalue weighted by Gasteiger charge is -2.33. The van der Waals surface area contributed by atoms with Crippen LogP contribution in [0.15, 0.2) is 94.7 Å². The van der Waals surface area contributed by atoms with Gasteiger partial charge in [-0.1, -0.05) is 60.3 Å². The van der Waals surface area contributed by atoms with Gasteiger partial charge in [-0.25, -0.2) is 0 Å². The summed E-state index contributed by atoms with van der Waals surface area (Å²) in [5.41, 5.74) is 0.900. The second-order valence-electron chi connectivity index (χ2n) is 14.1. The highest BCUT2D eigenvalue weighted by Gasteiger charge is 2.32. The standard InChI is InChI=1S/C44H44N6O10S/c1-29(51)45-21-25-47(26-22-45)39(53)19-15-31-13-17-37(43(49(55)56)41(31)33-9-5-7-11-35(33)59-3)61-38-18-14-32(16-20-40(54)48-27-23-46(24-28-48)30(2)52)42(44(38)50(57)58)34-10-6-8-12-36(34)60-4/h5-20H,21-28H2,1-4H3/b19-15+,20-16+. The zero-order valence-electron chi connectivity index (χ0n) is 34.1. The fourth-order valence-electron chi connectivity index (χ4n) is 7.38. The van der Waals surface area contributed by atoms with E-state index in [4.69, 9.17) is 9.47 Å². The number of ether oxygens (including phenoxy) is 2. The molecule has 61 heavy (non-hydrogen) atoms. The number of carbonyl (C=O) groups excluding carboxylic acids is 4. The van der Waals surface area contributed by atoms with Crippen LogP contribution in [0.4, 0.5) is 11.4 Å². The van der Waals surface area contributed by atoms with Crippen molar-refractivity contribution in [1.29, 1.82) is 0 Å². The topological polar surface area (TPSA) is 186 Å². The molecule has 4 amide bonds. The molecule has 0 aromatic heterocycles. The first-order valence-corrected chi connectivity index (χ1v) is 20.2. The van der Waals surface area contributed by atoms with E-state index in [9.17, 15) is 39.4 Å². The van der Waals surface area contributed by atoms with E-state index < -0.39 is 9.85 Å². The number of piperazine rings is 2. The fraction of sp³-hybridized carbons (Fsp3) is 0.273. The van der Waals surface area contributed by atoms with Gasteiger partial charge in [0, 0.05) is 89.5 Å². The second kappa shape index (κ2) is 19.4. The average Bonchev–Trinajstić information content (AvgIpc) is 3.27. The highest BCUT2D eigenvalue weighted by atomic mass is 32.2. The van der Waals surface area contributed by atoms with E-state index in [0.717, 1.165) is 11.8 Å². The number of nitro benzene ring substituents is 2. The number of hydrogen-bond acceptors (Lipinski definition) is 11.